The van der Waals surface area contributed by atoms with Crippen molar-refractivity contribution in [2.75, 3.05) is 39.1 Å². The normalized spacial score (nSPS) is 17.1. The summed E-state index contributed by atoms with van der Waals surface area (Å²) in [6.45, 7) is 3.79. The van der Waals surface area contributed by atoms with Gasteiger partial charge in [-0.3, -0.25) is 0 Å². The van der Waals surface area contributed by atoms with E-state index >= 15 is 0 Å². The van der Waals surface area contributed by atoms with Gasteiger partial charge in [0.2, 0.25) is 0 Å². The number of sulfonamides is 1. The van der Waals surface area contributed by atoms with Crippen LogP contribution in [-0.2, 0) is 14.8 Å². The Labute approximate surface area is 118 Å². The first kappa shape index (κ1) is 15.0. The quantitative estimate of drug-likeness (QED) is 0.767. The monoisotopic (exact) mass is 301 g/mol. The fourth-order valence-corrected chi connectivity index (χ4v) is 3.23. The second-order valence-electron chi connectivity index (χ2n) is 4.55. The number of morpholine rings is 1. The predicted octanol–water partition coefficient (Wildman–Crippen LogP) is 0.111. The number of nitrogen functional groups attached to an aromatic ring is 1. The minimum atomic E-state index is -3.73. The van der Waals surface area contributed by atoms with E-state index in [-0.39, 0.29) is 10.6 Å². The number of nitrogens with zero attached hydrogens (tertiary/aromatic N) is 1. The van der Waals surface area contributed by atoms with Gasteiger partial charge in [-0.05, 0) is 24.6 Å². The number of hydrogen-bond donors (Lipinski definition) is 2. The van der Waals surface area contributed by atoms with Crippen molar-refractivity contribution >= 4 is 15.7 Å². The molecule has 0 radical (unpaired) electrons. The Hall–Kier alpha value is -1.35. The van der Waals surface area contributed by atoms with Crippen LogP contribution in [0.2, 0.25) is 0 Å². The second kappa shape index (κ2) is 5.96. The highest BCUT2D eigenvalue weighted by Gasteiger charge is 2.24. The van der Waals surface area contributed by atoms with Crippen molar-refractivity contribution in [3.63, 3.8) is 0 Å². The zero-order valence-electron chi connectivity index (χ0n) is 11.5. The number of ether oxygens (including phenoxy) is 2. The van der Waals surface area contributed by atoms with Crippen LogP contribution in [-0.4, -0.2) is 46.8 Å². The Balaban J connectivity index is 2.30. The van der Waals surface area contributed by atoms with Gasteiger partial charge < -0.3 is 15.2 Å². The summed E-state index contributed by atoms with van der Waals surface area (Å²) in [5.41, 5.74) is 6.97. The maximum Gasteiger partial charge on any atom is 0.257 e. The van der Waals surface area contributed by atoms with E-state index in [0.29, 0.717) is 32.0 Å². The van der Waals surface area contributed by atoms with Crippen molar-refractivity contribution in [3.8, 4) is 5.75 Å². The smallest absolute Gasteiger partial charge is 0.257 e. The number of aryl methyl sites for hydroxylation is 1. The molecule has 1 aromatic rings. The number of methoxy groups -OCH3 is 1. The number of hydrogen-bond acceptors (Lipinski definition) is 6. The summed E-state index contributed by atoms with van der Waals surface area (Å²) in [6, 6.07) is 3.03. The van der Waals surface area contributed by atoms with Crippen molar-refractivity contribution in [2.24, 2.45) is 0 Å². The number of hydrazine groups is 1. The SMILES string of the molecule is COc1cc(C)c(N)cc1S(=O)(=O)NN1CCOCC1. The molecule has 1 fully saturated rings. The number of nitrogens with one attached hydrogen (secondary N) is 1. The van der Waals surface area contributed by atoms with Crippen LogP contribution in [0.3, 0.4) is 0 Å². The van der Waals surface area contributed by atoms with Gasteiger partial charge in [0.15, 0.2) is 0 Å². The van der Waals surface area contributed by atoms with Crippen LogP contribution in [0, 0.1) is 6.92 Å². The zero-order valence-corrected chi connectivity index (χ0v) is 12.4. The van der Waals surface area contributed by atoms with Crippen LogP contribution >= 0.6 is 0 Å². The Morgan fingerprint density at radius 2 is 2.00 bits per heavy atom. The average Bonchev–Trinajstić information content (AvgIpc) is 2.42. The van der Waals surface area contributed by atoms with E-state index in [1.807, 2.05) is 0 Å². The van der Waals surface area contributed by atoms with Gasteiger partial charge in [-0.15, -0.1) is 4.83 Å². The standard InChI is InChI=1S/C12H19N3O4S/c1-9-7-11(18-2)12(8-10(9)13)20(16,17)14-15-3-5-19-6-4-15/h7-8,14H,3-6,13H2,1-2H3. The number of anilines is 1. The molecule has 2 rings (SSSR count). The first-order chi connectivity index (χ1) is 9.44. The first-order valence-corrected chi connectivity index (χ1v) is 7.71. The molecule has 1 aliphatic heterocycles. The fourth-order valence-electron chi connectivity index (χ4n) is 1.92. The fraction of sp³-hybridized carbons (Fsp3) is 0.500. The van der Waals surface area contributed by atoms with E-state index in [0.717, 1.165) is 5.56 Å². The van der Waals surface area contributed by atoms with Crippen LogP contribution in [0.15, 0.2) is 17.0 Å². The molecule has 20 heavy (non-hydrogen) atoms. The molecular formula is C12H19N3O4S. The maximum atomic E-state index is 12.4. The molecule has 1 heterocycles. The summed E-state index contributed by atoms with van der Waals surface area (Å²) >= 11 is 0. The summed E-state index contributed by atoms with van der Waals surface area (Å²) in [4.78, 5) is 2.56. The van der Waals surface area contributed by atoms with Crippen LogP contribution in [0.25, 0.3) is 0 Å². The van der Waals surface area contributed by atoms with Gasteiger partial charge in [0.1, 0.15) is 10.6 Å². The lowest BCUT2D eigenvalue weighted by Gasteiger charge is -2.27. The molecule has 3 N–H and O–H groups in total. The summed E-state index contributed by atoms with van der Waals surface area (Å²) in [7, 11) is -2.30. The number of rotatable bonds is 4. The molecular weight excluding hydrogens is 282 g/mol. The van der Waals surface area contributed by atoms with E-state index in [1.54, 1.807) is 18.0 Å². The molecule has 7 nitrogen and oxygen atoms in total. The summed E-state index contributed by atoms with van der Waals surface area (Å²) in [5, 5.41) is 1.61. The number of benzene rings is 1. The Bertz CT molecular complexity index is 583. The van der Waals surface area contributed by atoms with Crippen LogP contribution in [0.1, 0.15) is 5.56 Å². The van der Waals surface area contributed by atoms with Gasteiger partial charge in [-0.2, -0.15) is 0 Å². The molecule has 8 heteroatoms. The minimum absolute atomic E-state index is 0.0367. The highest BCUT2D eigenvalue weighted by molar-refractivity contribution is 7.89. The summed E-state index contributed by atoms with van der Waals surface area (Å²) < 4.78 is 35.1. The molecule has 112 valence electrons. The molecule has 0 atom stereocenters. The molecule has 0 spiro atoms. The Morgan fingerprint density at radius 3 is 2.60 bits per heavy atom. The van der Waals surface area contributed by atoms with Crippen molar-refractivity contribution in [2.45, 2.75) is 11.8 Å². The third-order valence-electron chi connectivity index (χ3n) is 3.10. The van der Waals surface area contributed by atoms with Gasteiger partial charge in [-0.1, -0.05) is 0 Å². The van der Waals surface area contributed by atoms with Crippen molar-refractivity contribution in [1.82, 2.24) is 9.84 Å². The lowest BCUT2D eigenvalue weighted by atomic mass is 10.2. The molecule has 0 aliphatic carbocycles. The molecule has 0 bridgehead atoms. The van der Waals surface area contributed by atoms with E-state index in [4.69, 9.17) is 15.2 Å². The minimum Gasteiger partial charge on any atom is -0.495 e. The molecule has 0 aromatic heterocycles. The third kappa shape index (κ3) is 3.21. The predicted molar refractivity (Wildman–Crippen MR) is 74.9 cm³/mol. The lowest BCUT2D eigenvalue weighted by Crippen LogP contribution is -2.48. The van der Waals surface area contributed by atoms with Gasteiger partial charge >= 0.3 is 0 Å². The van der Waals surface area contributed by atoms with Crippen LogP contribution in [0.4, 0.5) is 5.69 Å². The highest BCUT2D eigenvalue weighted by atomic mass is 32.2. The average molecular weight is 301 g/mol. The zero-order chi connectivity index (χ0) is 14.8. The Morgan fingerprint density at radius 1 is 1.35 bits per heavy atom. The van der Waals surface area contributed by atoms with E-state index in [9.17, 15) is 8.42 Å². The third-order valence-corrected chi connectivity index (χ3v) is 4.50. The molecule has 1 aliphatic rings. The molecule has 0 amide bonds. The van der Waals surface area contributed by atoms with Crippen LogP contribution < -0.4 is 15.3 Å². The van der Waals surface area contributed by atoms with Gasteiger partial charge in [0.05, 0.1) is 20.3 Å². The molecule has 1 aromatic carbocycles. The van der Waals surface area contributed by atoms with E-state index in [2.05, 4.69) is 4.83 Å². The topological polar surface area (TPSA) is 93.9 Å². The van der Waals surface area contributed by atoms with Gasteiger partial charge in [0, 0.05) is 18.8 Å². The lowest BCUT2D eigenvalue weighted by molar-refractivity contribution is 0.0272. The molecule has 0 unspecified atom stereocenters. The van der Waals surface area contributed by atoms with Crippen molar-refractivity contribution in [3.05, 3.63) is 17.7 Å². The summed E-state index contributed by atoms with van der Waals surface area (Å²) in [5.74, 6) is 0.275. The van der Waals surface area contributed by atoms with E-state index in [1.165, 1.54) is 13.2 Å². The first-order valence-electron chi connectivity index (χ1n) is 6.23. The van der Waals surface area contributed by atoms with Gasteiger partial charge in [0.25, 0.3) is 10.0 Å². The van der Waals surface area contributed by atoms with Gasteiger partial charge in [-0.25, -0.2) is 13.4 Å². The Kier molecular flexibility index (Phi) is 4.48. The van der Waals surface area contributed by atoms with E-state index < -0.39 is 10.0 Å². The molecule has 0 saturated carbocycles. The number of nitrogens with two attached hydrogens (primary N) is 1. The maximum absolute atomic E-state index is 12.4. The highest BCUT2D eigenvalue weighted by Crippen LogP contribution is 2.28. The summed E-state index contributed by atoms with van der Waals surface area (Å²) in [6.07, 6.45) is 0. The van der Waals surface area contributed by atoms with Crippen molar-refractivity contribution < 1.29 is 17.9 Å². The largest absolute Gasteiger partial charge is 0.495 e. The molecule has 1 saturated heterocycles. The second-order valence-corrected chi connectivity index (χ2v) is 6.18. The van der Waals surface area contributed by atoms with Crippen LogP contribution in [0.5, 0.6) is 5.75 Å². The van der Waals surface area contributed by atoms with Crippen molar-refractivity contribution in [1.29, 1.82) is 0 Å².